The summed E-state index contributed by atoms with van der Waals surface area (Å²) in [6.07, 6.45) is 0. The standard InChI is InChI=1S/C26H24N6/c1-19-8-7-11-21(18-19)30-14-16-31(17-15-30)25-22-12-5-6-13-23(22)32-26(27-25)24(28-29-32)20-9-3-2-4-10-20/h2-13,18H,14-17H2,1H3. The first kappa shape index (κ1) is 18.8. The largest absolute Gasteiger partial charge is 0.368 e. The Morgan fingerprint density at radius 2 is 1.50 bits per heavy atom. The molecular weight excluding hydrogens is 396 g/mol. The van der Waals surface area contributed by atoms with Crippen LogP contribution in [0.3, 0.4) is 0 Å². The summed E-state index contributed by atoms with van der Waals surface area (Å²) in [4.78, 5) is 9.98. The molecule has 0 radical (unpaired) electrons. The molecule has 0 amide bonds. The molecule has 0 saturated carbocycles. The highest BCUT2D eigenvalue weighted by Crippen LogP contribution is 2.31. The molecule has 6 rings (SSSR count). The first-order valence-electron chi connectivity index (χ1n) is 11.0. The molecule has 0 aliphatic carbocycles. The summed E-state index contributed by atoms with van der Waals surface area (Å²) in [5.74, 6) is 1.01. The smallest absolute Gasteiger partial charge is 0.186 e. The highest BCUT2D eigenvalue weighted by Gasteiger charge is 2.23. The fourth-order valence-electron chi connectivity index (χ4n) is 4.57. The summed E-state index contributed by atoms with van der Waals surface area (Å²) >= 11 is 0. The van der Waals surface area contributed by atoms with Crippen molar-refractivity contribution in [3.8, 4) is 11.3 Å². The number of hydrogen-bond acceptors (Lipinski definition) is 5. The monoisotopic (exact) mass is 420 g/mol. The van der Waals surface area contributed by atoms with Crippen LogP contribution in [0.4, 0.5) is 11.5 Å². The molecule has 1 aliphatic heterocycles. The number of para-hydroxylation sites is 1. The molecule has 0 N–H and O–H groups in total. The predicted molar refractivity (Wildman–Crippen MR) is 129 cm³/mol. The first-order chi connectivity index (χ1) is 15.8. The Morgan fingerprint density at radius 3 is 2.31 bits per heavy atom. The molecule has 1 aliphatic rings. The van der Waals surface area contributed by atoms with Gasteiger partial charge in [0.15, 0.2) is 5.65 Å². The van der Waals surface area contributed by atoms with Gasteiger partial charge in [-0.3, -0.25) is 0 Å². The quantitative estimate of drug-likeness (QED) is 0.428. The van der Waals surface area contributed by atoms with Gasteiger partial charge >= 0.3 is 0 Å². The zero-order valence-corrected chi connectivity index (χ0v) is 18.0. The highest BCUT2D eigenvalue weighted by molar-refractivity contribution is 5.93. The molecule has 5 aromatic rings. The van der Waals surface area contributed by atoms with Gasteiger partial charge in [-0.1, -0.05) is 59.8 Å². The molecular formula is C26H24N6. The van der Waals surface area contributed by atoms with Crippen molar-refractivity contribution in [2.75, 3.05) is 36.0 Å². The summed E-state index contributed by atoms with van der Waals surface area (Å²) in [7, 11) is 0. The summed E-state index contributed by atoms with van der Waals surface area (Å²) in [5.41, 5.74) is 6.26. The molecule has 0 atom stereocenters. The second-order valence-electron chi connectivity index (χ2n) is 8.31. The van der Waals surface area contributed by atoms with Crippen LogP contribution in [0.25, 0.3) is 27.8 Å². The molecule has 158 valence electrons. The number of anilines is 2. The van der Waals surface area contributed by atoms with Crippen LogP contribution in [-0.4, -0.2) is 46.0 Å². The Bertz CT molecular complexity index is 1400. The lowest BCUT2D eigenvalue weighted by molar-refractivity contribution is 0.649. The van der Waals surface area contributed by atoms with Crippen molar-refractivity contribution < 1.29 is 0 Å². The van der Waals surface area contributed by atoms with Crippen LogP contribution in [0.15, 0.2) is 78.9 Å². The second-order valence-corrected chi connectivity index (χ2v) is 8.31. The van der Waals surface area contributed by atoms with Gasteiger partial charge < -0.3 is 9.80 Å². The van der Waals surface area contributed by atoms with Gasteiger partial charge in [-0.05, 0) is 36.8 Å². The zero-order valence-electron chi connectivity index (χ0n) is 18.0. The fourth-order valence-corrected chi connectivity index (χ4v) is 4.57. The molecule has 0 bridgehead atoms. The average Bonchev–Trinajstić information content (AvgIpc) is 3.29. The van der Waals surface area contributed by atoms with Gasteiger partial charge in [-0.2, -0.15) is 4.52 Å². The third-order valence-electron chi connectivity index (χ3n) is 6.22. The molecule has 3 aromatic carbocycles. The number of piperazine rings is 1. The molecule has 6 nitrogen and oxygen atoms in total. The van der Waals surface area contributed by atoms with Crippen LogP contribution in [-0.2, 0) is 0 Å². The van der Waals surface area contributed by atoms with E-state index >= 15 is 0 Å². The van der Waals surface area contributed by atoms with Gasteiger partial charge in [0, 0.05) is 42.8 Å². The Morgan fingerprint density at radius 1 is 0.750 bits per heavy atom. The lowest BCUT2D eigenvalue weighted by atomic mass is 10.1. The Balaban J connectivity index is 1.40. The maximum Gasteiger partial charge on any atom is 0.186 e. The van der Waals surface area contributed by atoms with E-state index in [-0.39, 0.29) is 0 Å². The van der Waals surface area contributed by atoms with Gasteiger partial charge in [0.1, 0.15) is 11.5 Å². The van der Waals surface area contributed by atoms with E-state index in [0.29, 0.717) is 0 Å². The van der Waals surface area contributed by atoms with E-state index in [9.17, 15) is 0 Å². The van der Waals surface area contributed by atoms with Gasteiger partial charge in [0.25, 0.3) is 0 Å². The third-order valence-corrected chi connectivity index (χ3v) is 6.22. The number of nitrogens with zero attached hydrogens (tertiary/aromatic N) is 6. The topological polar surface area (TPSA) is 49.6 Å². The van der Waals surface area contributed by atoms with Gasteiger partial charge in [0.2, 0.25) is 0 Å². The summed E-state index contributed by atoms with van der Waals surface area (Å²) < 4.78 is 1.87. The van der Waals surface area contributed by atoms with E-state index in [1.165, 1.54) is 11.3 Å². The van der Waals surface area contributed by atoms with E-state index in [1.807, 2.05) is 28.8 Å². The zero-order chi connectivity index (χ0) is 21.5. The Hall–Kier alpha value is -3.93. The maximum absolute atomic E-state index is 5.12. The maximum atomic E-state index is 5.12. The normalized spacial score (nSPS) is 14.4. The van der Waals surface area contributed by atoms with E-state index in [1.54, 1.807) is 0 Å². The first-order valence-corrected chi connectivity index (χ1v) is 11.0. The molecule has 6 heteroatoms. The second kappa shape index (κ2) is 7.64. The van der Waals surface area contributed by atoms with E-state index < -0.39 is 0 Å². The molecule has 1 saturated heterocycles. The lowest BCUT2D eigenvalue weighted by Gasteiger charge is -2.37. The molecule has 2 aromatic heterocycles. The minimum atomic E-state index is 0.797. The van der Waals surface area contributed by atoms with Crippen molar-refractivity contribution in [2.45, 2.75) is 6.92 Å². The van der Waals surface area contributed by atoms with Crippen LogP contribution >= 0.6 is 0 Å². The fraction of sp³-hybridized carbons (Fsp3) is 0.192. The Kier molecular flexibility index (Phi) is 4.49. The van der Waals surface area contributed by atoms with Crippen LogP contribution < -0.4 is 9.80 Å². The minimum Gasteiger partial charge on any atom is -0.368 e. The molecule has 1 fully saturated rings. The van der Waals surface area contributed by atoms with Crippen molar-refractivity contribution in [2.24, 2.45) is 0 Å². The summed E-state index contributed by atoms with van der Waals surface area (Å²) in [5, 5.41) is 10.0. The van der Waals surface area contributed by atoms with Crippen molar-refractivity contribution in [1.29, 1.82) is 0 Å². The number of hydrogen-bond donors (Lipinski definition) is 0. The van der Waals surface area contributed by atoms with E-state index in [2.05, 4.69) is 81.6 Å². The van der Waals surface area contributed by atoms with Crippen LogP contribution in [0.2, 0.25) is 0 Å². The van der Waals surface area contributed by atoms with Crippen molar-refractivity contribution >= 4 is 28.1 Å². The van der Waals surface area contributed by atoms with E-state index in [0.717, 1.165) is 59.8 Å². The third kappa shape index (κ3) is 3.15. The van der Waals surface area contributed by atoms with Crippen LogP contribution in [0, 0.1) is 6.92 Å². The van der Waals surface area contributed by atoms with Gasteiger partial charge in [-0.15, -0.1) is 5.10 Å². The van der Waals surface area contributed by atoms with E-state index in [4.69, 9.17) is 4.98 Å². The Labute approximate surface area is 186 Å². The molecule has 0 spiro atoms. The van der Waals surface area contributed by atoms with Crippen LogP contribution in [0.5, 0.6) is 0 Å². The number of benzene rings is 3. The summed E-state index contributed by atoms with van der Waals surface area (Å²) in [6, 6.07) is 27.3. The predicted octanol–water partition coefficient (Wildman–Crippen LogP) is 4.58. The van der Waals surface area contributed by atoms with Gasteiger partial charge in [0.05, 0.1) is 5.52 Å². The average molecular weight is 421 g/mol. The molecule has 3 heterocycles. The minimum absolute atomic E-state index is 0.797. The van der Waals surface area contributed by atoms with Crippen molar-refractivity contribution in [3.05, 3.63) is 84.4 Å². The van der Waals surface area contributed by atoms with Crippen LogP contribution in [0.1, 0.15) is 5.56 Å². The number of aryl methyl sites for hydroxylation is 1. The number of fused-ring (bicyclic) bond motifs is 3. The SMILES string of the molecule is Cc1cccc(N2CCN(c3nc4c(-c5ccccc5)nnn4c4ccccc34)CC2)c1. The summed E-state index contributed by atoms with van der Waals surface area (Å²) in [6.45, 7) is 5.92. The van der Waals surface area contributed by atoms with Gasteiger partial charge in [-0.25, -0.2) is 4.98 Å². The van der Waals surface area contributed by atoms with Crippen molar-refractivity contribution in [1.82, 2.24) is 19.8 Å². The molecule has 0 unspecified atom stereocenters. The lowest BCUT2D eigenvalue weighted by Crippen LogP contribution is -2.47. The molecule has 32 heavy (non-hydrogen) atoms. The number of aromatic nitrogens is 4. The highest BCUT2D eigenvalue weighted by atomic mass is 15.4. The van der Waals surface area contributed by atoms with Crippen molar-refractivity contribution in [3.63, 3.8) is 0 Å². The number of rotatable bonds is 3.